The topological polar surface area (TPSA) is 94.1 Å². The van der Waals surface area contributed by atoms with Crippen molar-refractivity contribution in [2.24, 2.45) is 5.92 Å². The van der Waals surface area contributed by atoms with Gasteiger partial charge < -0.3 is 24.6 Å². The summed E-state index contributed by atoms with van der Waals surface area (Å²) in [4.78, 5) is 23.2. The quantitative estimate of drug-likeness (QED) is 0.711. The van der Waals surface area contributed by atoms with Crippen LogP contribution in [-0.4, -0.2) is 44.4 Å². The first-order valence-electron chi connectivity index (χ1n) is 7.81. The van der Waals surface area contributed by atoms with E-state index in [0.717, 1.165) is 18.4 Å². The van der Waals surface area contributed by atoms with Crippen LogP contribution in [0.5, 0.6) is 17.2 Å². The molecular formula is C17H23NO6. The second-order valence-corrected chi connectivity index (χ2v) is 5.75. The van der Waals surface area contributed by atoms with Crippen molar-refractivity contribution in [2.45, 2.75) is 31.7 Å². The van der Waals surface area contributed by atoms with Gasteiger partial charge >= 0.3 is 5.97 Å². The number of ether oxygens (including phenoxy) is 3. The van der Waals surface area contributed by atoms with E-state index < -0.39 is 12.0 Å². The lowest BCUT2D eigenvalue weighted by molar-refractivity contribution is -0.142. The Bertz CT molecular complexity index is 586. The number of methoxy groups -OCH3 is 3. The molecular weight excluding hydrogens is 314 g/mol. The fourth-order valence-electron chi connectivity index (χ4n) is 2.59. The van der Waals surface area contributed by atoms with Crippen LogP contribution >= 0.6 is 0 Å². The molecule has 1 aromatic carbocycles. The Hall–Kier alpha value is -2.44. The lowest BCUT2D eigenvalue weighted by atomic mass is 10.1. The predicted molar refractivity (Wildman–Crippen MR) is 86.7 cm³/mol. The molecule has 0 saturated heterocycles. The van der Waals surface area contributed by atoms with E-state index in [0.29, 0.717) is 23.7 Å². The third-order valence-corrected chi connectivity index (χ3v) is 4.04. The zero-order chi connectivity index (χ0) is 17.7. The van der Waals surface area contributed by atoms with Crippen molar-refractivity contribution < 1.29 is 28.9 Å². The Morgan fingerprint density at radius 3 is 2.17 bits per heavy atom. The minimum atomic E-state index is -0.973. The van der Waals surface area contributed by atoms with Gasteiger partial charge in [-0.2, -0.15) is 0 Å². The Morgan fingerprint density at radius 2 is 1.75 bits per heavy atom. The highest BCUT2D eigenvalue weighted by Crippen LogP contribution is 2.38. The van der Waals surface area contributed by atoms with E-state index in [2.05, 4.69) is 5.32 Å². The van der Waals surface area contributed by atoms with Gasteiger partial charge in [-0.05, 0) is 42.9 Å². The molecule has 0 spiro atoms. The van der Waals surface area contributed by atoms with E-state index in [1.54, 1.807) is 12.1 Å². The molecule has 7 nitrogen and oxygen atoms in total. The van der Waals surface area contributed by atoms with Crippen LogP contribution in [0.2, 0.25) is 0 Å². The van der Waals surface area contributed by atoms with Crippen LogP contribution in [0.25, 0.3) is 0 Å². The number of amides is 1. The van der Waals surface area contributed by atoms with Crippen LogP contribution in [0.4, 0.5) is 0 Å². The van der Waals surface area contributed by atoms with E-state index in [1.807, 2.05) is 0 Å². The highest BCUT2D eigenvalue weighted by atomic mass is 16.5. The zero-order valence-electron chi connectivity index (χ0n) is 14.1. The third kappa shape index (κ3) is 4.31. The van der Waals surface area contributed by atoms with Gasteiger partial charge in [0.2, 0.25) is 11.7 Å². The van der Waals surface area contributed by atoms with Gasteiger partial charge in [-0.25, -0.2) is 4.79 Å². The highest BCUT2D eigenvalue weighted by molar-refractivity contribution is 5.84. The summed E-state index contributed by atoms with van der Waals surface area (Å²) in [5.74, 6) is 0.351. The van der Waals surface area contributed by atoms with Gasteiger partial charge in [0.25, 0.3) is 0 Å². The molecule has 1 aliphatic carbocycles. The zero-order valence-corrected chi connectivity index (χ0v) is 14.1. The van der Waals surface area contributed by atoms with Crippen molar-refractivity contribution in [1.82, 2.24) is 5.32 Å². The number of carbonyl (C=O) groups excluding carboxylic acids is 1. The maximum absolute atomic E-state index is 12.0. The standard InChI is InChI=1S/C17H23NO6/c1-22-12-8-10(9-13(23-2)16(12)24-3)4-7-14(19)18-15(17(20)21)11-5-6-11/h8-9,11,15H,4-7H2,1-3H3,(H,18,19)(H,20,21). The Kier molecular flexibility index (Phi) is 5.89. The van der Waals surface area contributed by atoms with Crippen molar-refractivity contribution in [1.29, 1.82) is 0 Å². The fourth-order valence-corrected chi connectivity index (χ4v) is 2.59. The van der Waals surface area contributed by atoms with Crippen molar-refractivity contribution in [2.75, 3.05) is 21.3 Å². The molecule has 1 unspecified atom stereocenters. The molecule has 24 heavy (non-hydrogen) atoms. The number of carboxylic acid groups (broad SMARTS) is 1. The summed E-state index contributed by atoms with van der Waals surface area (Å²) in [5, 5.41) is 11.8. The van der Waals surface area contributed by atoms with Gasteiger partial charge in [0, 0.05) is 6.42 Å². The molecule has 1 fully saturated rings. The minimum absolute atomic E-state index is 0.0626. The maximum atomic E-state index is 12.0. The van der Waals surface area contributed by atoms with Crippen LogP contribution in [0.15, 0.2) is 12.1 Å². The molecule has 1 aromatic rings. The number of aryl methyl sites for hydroxylation is 1. The lowest BCUT2D eigenvalue weighted by Gasteiger charge is -2.15. The van der Waals surface area contributed by atoms with Gasteiger partial charge in [0.15, 0.2) is 11.5 Å². The minimum Gasteiger partial charge on any atom is -0.493 e. The molecule has 0 bridgehead atoms. The smallest absolute Gasteiger partial charge is 0.326 e. The Labute approximate surface area is 140 Å². The van der Waals surface area contributed by atoms with Gasteiger partial charge in [-0.3, -0.25) is 4.79 Å². The first-order valence-corrected chi connectivity index (χ1v) is 7.81. The summed E-state index contributed by atoms with van der Waals surface area (Å²) < 4.78 is 15.8. The predicted octanol–water partition coefficient (Wildman–Crippen LogP) is 1.62. The Morgan fingerprint density at radius 1 is 1.17 bits per heavy atom. The highest BCUT2D eigenvalue weighted by Gasteiger charge is 2.37. The van der Waals surface area contributed by atoms with Crippen LogP contribution in [0.1, 0.15) is 24.8 Å². The molecule has 1 aliphatic rings. The average Bonchev–Trinajstić information content (AvgIpc) is 3.41. The molecule has 1 amide bonds. The van der Waals surface area contributed by atoms with E-state index in [4.69, 9.17) is 19.3 Å². The van der Waals surface area contributed by atoms with Crippen LogP contribution < -0.4 is 19.5 Å². The van der Waals surface area contributed by atoms with Crippen molar-refractivity contribution in [3.05, 3.63) is 17.7 Å². The van der Waals surface area contributed by atoms with Gasteiger partial charge in [0.05, 0.1) is 21.3 Å². The molecule has 1 atom stereocenters. The van der Waals surface area contributed by atoms with Gasteiger partial charge in [-0.15, -0.1) is 0 Å². The largest absolute Gasteiger partial charge is 0.493 e. The van der Waals surface area contributed by atoms with Gasteiger partial charge in [-0.1, -0.05) is 0 Å². The van der Waals surface area contributed by atoms with E-state index in [9.17, 15) is 9.59 Å². The molecule has 1 saturated carbocycles. The number of rotatable bonds is 9. The normalized spacial score (nSPS) is 14.6. The molecule has 0 aromatic heterocycles. The molecule has 0 aliphatic heterocycles. The monoisotopic (exact) mass is 337 g/mol. The molecule has 0 radical (unpaired) electrons. The van der Waals surface area contributed by atoms with Crippen LogP contribution in [0.3, 0.4) is 0 Å². The molecule has 7 heteroatoms. The van der Waals surface area contributed by atoms with E-state index in [1.165, 1.54) is 21.3 Å². The SMILES string of the molecule is COc1cc(CCC(=O)NC(C(=O)O)C2CC2)cc(OC)c1OC. The first kappa shape index (κ1) is 17.9. The summed E-state index contributed by atoms with van der Waals surface area (Å²) in [6.45, 7) is 0. The summed E-state index contributed by atoms with van der Waals surface area (Å²) >= 11 is 0. The second kappa shape index (κ2) is 7.90. The van der Waals surface area contributed by atoms with Crippen molar-refractivity contribution in [3.63, 3.8) is 0 Å². The molecule has 2 N–H and O–H groups in total. The number of hydrogen-bond acceptors (Lipinski definition) is 5. The average molecular weight is 337 g/mol. The Balaban J connectivity index is 2.00. The number of benzene rings is 1. The fraction of sp³-hybridized carbons (Fsp3) is 0.529. The van der Waals surface area contributed by atoms with Crippen LogP contribution in [-0.2, 0) is 16.0 Å². The van der Waals surface area contributed by atoms with Crippen molar-refractivity contribution >= 4 is 11.9 Å². The number of hydrogen-bond donors (Lipinski definition) is 2. The summed E-state index contributed by atoms with van der Waals surface area (Å²) in [6.07, 6.45) is 2.34. The number of carboxylic acids is 1. The third-order valence-electron chi connectivity index (χ3n) is 4.04. The number of carbonyl (C=O) groups is 2. The maximum Gasteiger partial charge on any atom is 0.326 e. The number of nitrogens with one attached hydrogen (secondary N) is 1. The van der Waals surface area contributed by atoms with Crippen LogP contribution in [0, 0.1) is 5.92 Å². The molecule has 132 valence electrons. The first-order chi connectivity index (χ1) is 11.5. The summed E-state index contributed by atoms with van der Waals surface area (Å²) in [6, 6.07) is 2.78. The van der Waals surface area contributed by atoms with E-state index in [-0.39, 0.29) is 18.2 Å². The lowest BCUT2D eigenvalue weighted by Crippen LogP contribution is -2.42. The van der Waals surface area contributed by atoms with Gasteiger partial charge in [0.1, 0.15) is 6.04 Å². The second-order valence-electron chi connectivity index (χ2n) is 5.75. The van der Waals surface area contributed by atoms with E-state index >= 15 is 0 Å². The number of aliphatic carboxylic acids is 1. The molecule has 2 rings (SSSR count). The summed E-state index contributed by atoms with van der Waals surface area (Å²) in [7, 11) is 4.58. The molecule has 0 heterocycles. The van der Waals surface area contributed by atoms with Crippen molar-refractivity contribution in [3.8, 4) is 17.2 Å². The summed E-state index contributed by atoms with van der Waals surface area (Å²) in [5.41, 5.74) is 0.845.